The van der Waals surface area contributed by atoms with Crippen LogP contribution >= 0.6 is 0 Å². The molecule has 1 aromatic heterocycles. The first-order valence-electron chi connectivity index (χ1n) is 6.61. The second kappa shape index (κ2) is 5.68. The van der Waals surface area contributed by atoms with Gasteiger partial charge in [-0.1, -0.05) is 12.1 Å². The quantitative estimate of drug-likeness (QED) is 0.890. The lowest BCUT2D eigenvalue weighted by atomic mass is 9.94. The fourth-order valence-electron chi connectivity index (χ4n) is 2.36. The molecule has 0 spiro atoms. The van der Waals surface area contributed by atoms with Crippen LogP contribution in [0.25, 0.3) is 11.0 Å². The van der Waals surface area contributed by atoms with Gasteiger partial charge in [0, 0.05) is 11.3 Å². The second-order valence-corrected chi connectivity index (χ2v) is 7.48. The van der Waals surface area contributed by atoms with Crippen LogP contribution in [0.4, 0.5) is 0 Å². The van der Waals surface area contributed by atoms with E-state index in [2.05, 4.69) is 0 Å². The number of nitrogens with two attached hydrogens (primary N) is 1. The lowest BCUT2D eigenvalue weighted by Gasteiger charge is -2.25. The Hall–Kier alpha value is -1.17. The average Bonchev–Trinajstić information content (AvgIpc) is 2.81. The average molecular weight is 295 g/mol. The molecule has 2 atom stereocenters. The van der Waals surface area contributed by atoms with E-state index in [9.17, 15) is 9.32 Å². The van der Waals surface area contributed by atoms with E-state index >= 15 is 0 Å². The largest absolute Gasteiger partial charge is 0.461 e. The number of fused-ring (bicyclic) bond motifs is 1. The smallest absolute Gasteiger partial charge is 0.134 e. The molecule has 0 aliphatic carbocycles. The van der Waals surface area contributed by atoms with E-state index < -0.39 is 15.7 Å². The van der Waals surface area contributed by atoms with Gasteiger partial charge in [-0.2, -0.15) is 0 Å². The molecule has 0 amide bonds. The molecule has 110 valence electrons. The van der Waals surface area contributed by atoms with Crippen LogP contribution in [0.5, 0.6) is 0 Å². The second-order valence-electron chi connectivity index (χ2n) is 5.78. The molecule has 0 saturated carbocycles. The summed E-state index contributed by atoms with van der Waals surface area (Å²) in [5.41, 5.74) is 1.95. The van der Waals surface area contributed by atoms with E-state index in [1.807, 2.05) is 45.0 Å². The van der Waals surface area contributed by atoms with Crippen LogP contribution in [-0.4, -0.2) is 20.7 Å². The van der Waals surface area contributed by atoms with E-state index in [0.717, 1.165) is 22.3 Å². The van der Waals surface area contributed by atoms with Gasteiger partial charge in [-0.05, 0) is 44.9 Å². The highest BCUT2D eigenvalue weighted by Crippen LogP contribution is 2.33. The zero-order valence-electron chi connectivity index (χ0n) is 12.1. The van der Waals surface area contributed by atoms with Gasteiger partial charge in [0.25, 0.3) is 0 Å². The molecule has 2 rings (SSSR count). The Bertz CT molecular complexity index is 633. The van der Waals surface area contributed by atoms with Crippen molar-refractivity contribution >= 4 is 22.0 Å². The summed E-state index contributed by atoms with van der Waals surface area (Å²) in [5.74, 6) is 0.514. The summed E-state index contributed by atoms with van der Waals surface area (Å²) < 4.78 is 16.8. The normalized spacial score (nSPS) is 15.4. The summed E-state index contributed by atoms with van der Waals surface area (Å²) in [5, 5.41) is 16.2. The summed E-state index contributed by atoms with van der Waals surface area (Å²) in [6, 6.07) is 7.83. The molecule has 0 aliphatic heterocycles. The Kier molecular flexibility index (Phi) is 4.32. The molecule has 0 fully saturated rings. The summed E-state index contributed by atoms with van der Waals surface area (Å²) >= 11 is 0. The fraction of sp³-hybridized carbons (Fsp3) is 0.467. The fourth-order valence-corrected chi connectivity index (χ4v) is 2.72. The minimum absolute atomic E-state index is 0.0561. The van der Waals surface area contributed by atoms with Crippen molar-refractivity contribution in [1.29, 1.82) is 0 Å². The van der Waals surface area contributed by atoms with Crippen LogP contribution in [0, 0.1) is 6.92 Å². The Balaban J connectivity index is 2.35. The van der Waals surface area contributed by atoms with Crippen molar-refractivity contribution in [1.82, 2.24) is 0 Å². The van der Waals surface area contributed by atoms with E-state index in [0.29, 0.717) is 6.42 Å². The molecular formula is C15H21NO3S. The highest BCUT2D eigenvalue weighted by atomic mass is 32.2. The highest BCUT2D eigenvalue weighted by Gasteiger charge is 2.30. The van der Waals surface area contributed by atoms with Crippen LogP contribution in [0.1, 0.15) is 37.5 Å². The van der Waals surface area contributed by atoms with Crippen molar-refractivity contribution < 1.29 is 13.7 Å². The monoisotopic (exact) mass is 295 g/mol. The SMILES string of the molecule is Cc1cccc2oc([C@@H](CO)CC(C)(C)S(N)=O)cc12. The number of rotatable bonds is 5. The predicted octanol–water partition coefficient (Wildman–Crippen LogP) is 2.61. The number of benzene rings is 1. The zero-order valence-corrected chi connectivity index (χ0v) is 12.9. The van der Waals surface area contributed by atoms with Crippen molar-refractivity contribution in [2.45, 2.75) is 37.9 Å². The molecule has 2 aromatic rings. The number of furan rings is 1. The Labute approximate surface area is 121 Å². The maximum Gasteiger partial charge on any atom is 0.134 e. The predicted molar refractivity (Wildman–Crippen MR) is 81.8 cm³/mol. The van der Waals surface area contributed by atoms with Crippen LogP contribution in [0.3, 0.4) is 0 Å². The van der Waals surface area contributed by atoms with E-state index in [4.69, 9.17) is 9.56 Å². The summed E-state index contributed by atoms with van der Waals surface area (Å²) in [7, 11) is -1.45. The molecule has 0 radical (unpaired) electrons. The summed E-state index contributed by atoms with van der Waals surface area (Å²) in [6.07, 6.45) is 0.505. The Morgan fingerprint density at radius 1 is 1.45 bits per heavy atom. The van der Waals surface area contributed by atoms with Crippen molar-refractivity contribution in [3.8, 4) is 0 Å². The maximum absolute atomic E-state index is 11.6. The van der Waals surface area contributed by atoms with E-state index in [-0.39, 0.29) is 12.5 Å². The molecule has 3 N–H and O–H groups in total. The van der Waals surface area contributed by atoms with E-state index in [1.165, 1.54) is 0 Å². The summed E-state index contributed by atoms with van der Waals surface area (Å²) in [6.45, 7) is 5.63. The molecule has 1 heterocycles. The molecule has 0 saturated heterocycles. The first kappa shape index (κ1) is 15.2. The minimum atomic E-state index is -1.45. The van der Waals surface area contributed by atoms with Gasteiger partial charge in [0.2, 0.25) is 0 Å². The van der Waals surface area contributed by atoms with Crippen molar-refractivity contribution in [2.24, 2.45) is 5.14 Å². The van der Waals surface area contributed by atoms with Gasteiger partial charge < -0.3 is 9.52 Å². The van der Waals surface area contributed by atoms with Gasteiger partial charge in [-0.15, -0.1) is 0 Å². The maximum atomic E-state index is 11.6. The van der Waals surface area contributed by atoms with Crippen LogP contribution in [0.15, 0.2) is 28.7 Å². The van der Waals surface area contributed by atoms with Crippen LogP contribution in [0.2, 0.25) is 0 Å². The number of aliphatic hydroxyl groups is 1. The first-order valence-corrected chi connectivity index (χ1v) is 7.82. The molecule has 1 unspecified atom stereocenters. The van der Waals surface area contributed by atoms with Gasteiger partial charge in [-0.3, -0.25) is 5.14 Å². The standard InChI is InChI=1S/C15H21NO3S/c1-10-5-4-6-13-12(10)7-14(19-13)11(9-17)8-15(2,3)20(16)18/h4-7,11,17H,8-9,16H2,1-3H3/t11-,20?/m1/s1. The number of aliphatic hydroxyl groups excluding tert-OH is 1. The van der Waals surface area contributed by atoms with Crippen LogP contribution < -0.4 is 5.14 Å². The van der Waals surface area contributed by atoms with Gasteiger partial charge in [0.1, 0.15) is 11.3 Å². The van der Waals surface area contributed by atoms with Gasteiger partial charge >= 0.3 is 0 Å². The van der Waals surface area contributed by atoms with Crippen LogP contribution in [-0.2, 0) is 11.0 Å². The summed E-state index contributed by atoms with van der Waals surface area (Å²) in [4.78, 5) is 0. The zero-order chi connectivity index (χ0) is 14.9. The van der Waals surface area contributed by atoms with Crippen molar-refractivity contribution in [3.63, 3.8) is 0 Å². The lowest BCUT2D eigenvalue weighted by molar-refractivity contribution is 0.237. The Morgan fingerprint density at radius 3 is 2.70 bits per heavy atom. The topological polar surface area (TPSA) is 76.5 Å². The minimum Gasteiger partial charge on any atom is -0.461 e. The molecule has 0 aliphatic rings. The van der Waals surface area contributed by atoms with E-state index in [1.54, 1.807) is 0 Å². The number of hydrogen-bond donors (Lipinski definition) is 2. The third-order valence-corrected chi connectivity index (χ3v) is 4.96. The molecule has 1 aromatic carbocycles. The molecule has 20 heavy (non-hydrogen) atoms. The Morgan fingerprint density at radius 2 is 2.15 bits per heavy atom. The van der Waals surface area contributed by atoms with Crippen molar-refractivity contribution in [2.75, 3.05) is 6.61 Å². The lowest BCUT2D eigenvalue weighted by Crippen LogP contribution is -2.34. The number of aryl methyl sites for hydroxylation is 1. The third kappa shape index (κ3) is 2.95. The highest BCUT2D eigenvalue weighted by molar-refractivity contribution is 7.84. The number of hydrogen-bond acceptors (Lipinski definition) is 3. The van der Waals surface area contributed by atoms with Gasteiger partial charge in [-0.25, -0.2) is 4.21 Å². The van der Waals surface area contributed by atoms with Crippen molar-refractivity contribution in [3.05, 3.63) is 35.6 Å². The van der Waals surface area contributed by atoms with Gasteiger partial charge in [0.05, 0.1) is 22.3 Å². The molecular weight excluding hydrogens is 274 g/mol. The first-order chi connectivity index (χ1) is 9.35. The third-order valence-electron chi connectivity index (χ3n) is 3.70. The molecule has 4 nitrogen and oxygen atoms in total. The molecule has 0 bridgehead atoms. The molecule has 5 heteroatoms. The van der Waals surface area contributed by atoms with Gasteiger partial charge in [0.15, 0.2) is 0 Å².